The summed E-state index contributed by atoms with van der Waals surface area (Å²) in [5, 5.41) is 3.19. The predicted octanol–water partition coefficient (Wildman–Crippen LogP) is 2.26. The van der Waals surface area contributed by atoms with Crippen LogP contribution in [0, 0.1) is 0 Å². The lowest BCUT2D eigenvalue weighted by Crippen LogP contribution is -2.30. The normalized spacial score (nSPS) is 10.0. The molecule has 1 aromatic heterocycles. The Bertz CT molecular complexity index is 377. The number of halogens is 1. The van der Waals surface area contributed by atoms with E-state index >= 15 is 0 Å². The highest BCUT2D eigenvalue weighted by Gasteiger charge is 2.14. The van der Waals surface area contributed by atoms with E-state index in [1.165, 1.54) is 0 Å². The summed E-state index contributed by atoms with van der Waals surface area (Å²) >= 11 is 5.84. The van der Waals surface area contributed by atoms with Gasteiger partial charge in [0.15, 0.2) is 0 Å². The fourth-order valence-corrected chi connectivity index (χ4v) is 1.65. The van der Waals surface area contributed by atoms with Gasteiger partial charge in [-0.1, -0.05) is 11.6 Å². The molecule has 1 aromatic rings. The minimum Gasteiger partial charge on any atom is -0.373 e. The van der Waals surface area contributed by atoms with Crippen molar-refractivity contribution in [1.82, 2.24) is 9.88 Å². The molecule has 0 aliphatic rings. The number of carbonyl (C=O) groups excluding carboxylic acids is 1. The molecule has 0 saturated carbocycles. The van der Waals surface area contributed by atoms with Gasteiger partial charge in [0.05, 0.1) is 0 Å². The van der Waals surface area contributed by atoms with Crippen LogP contribution in [0.25, 0.3) is 0 Å². The molecule has 0 aliphatic heterocycles. The zero-order chi connectivity index (χ0) is 12.1. The third-order valence-electron chi connectivity index (χ3n) is 2.35. The molecule has 1 amide bonds. The first kappa shape index (κ1) is 12.8. The van der Waals surface area contributed by atoms with Gasteiger partial charge in [0.25, 0.3) is 5.91 Å². The van der Waals surface area contributed by atoms with Crippen molar-refractivity contribution in [3.8, 4) is 0 Å². The van der Waals surface area contributed by atoms with E-state index in [9.17, 15) is 4.79 Å². The fraction of sp³-hybridized carbons (Fsp3) is 0.455. The number of rotatable bonds is 4. The van der Waals surface area contributed by atoms with Crippen molar-refractivity contribution in [1.29, 1.82) is 0 Å². The summed E-state index contributed by atoms with van der Waals surface area (Å²) in [6.45, 7) is 5.26. The van der Waals surface area contributed by atoms with Crippen LogP contribution in [0.1, 0.15) is 24.2 Å². The molecule has 0 aromatic carbocycles. The van der Waals surface area contributed by atoms with Gasteiger partial charge in [0.2, 0.25) is 0 Å². The summed E-state index contributed by atoms with van der Waals surface area (Å²) in [4.78, 5) is 17.8. The topological polar surface area (TPSA) is 45.2 Å². The molecule has 1 rings (SSSR count). The number of aromatic nitrogens is 1. The van der Waals surface area contributed by atoms with Crippen LogP contribution in [-0.2, 0) is 0 Å². The number of nitrogens with zero attached hydrogens (tertiary/aromatic N) is 2. The van der Waals surface area contributed by atoms with E-state index < -0.39 is 0 Å². The van der Waals surface area contributed by atoms with Gasteiger partial charge < -0.3 is 10.2 Å². The lowest BCUT2D eigenvalue weighted by atomic mass is 10.2. The summed E-state index contributed by atoms with van der Waals surface area (Å²) in [6.07, 6.45) is 0. The third kappa shape index (κ3) is 2.85. The minimum absolute atomic E-state index is 0.0224. The summed E-state index contributed by atoms with van der Waals surface area (Å²) in [6, 6.07) is 3.29. The minimum atomic E-state index is -0.0224. The lowest BCUT2D eigenvalue weighted by Gasteiger charge is -2.18. The maximum atomic E-state index is 12.0. The average Bonchev–Trinajstić information content (AvgIpc) is 2.29. The molecule has 88 valence electrons. The van der Waals surface area contributed by atoms with Gasteiger partial charge in [0, 0.05) is 25.7 Å². The van der Waals surface area contributed by atoms with Crippen LogP contribution in [0.5, 0.6) is 0 Å². The van der Waals surface area contributed by atoms with E-state index in [4.69, 9.17) is 11.6 Å². The summed E-state index contributed by atoms with van der Waals surface area (Å²) in [5.41, 5.74) is 0.563. The molecule has 0 unspecified atom stereocenters. The first-order valence-electron chi connectivity index (χ1n) is 5.27. The van der Waals surface area contributed by atoms with Crippen molar-refractivity contribution in [2.75, 3.05) is 25.5 Å². The first-order valence-corrected chi connectivity index (χ1v) is 5.64. The van der Waals surface area contributed by atoms with Crippen LogP contribution < -0.4 is 5.32 Å². The molecule has 0 radical (unpaired) electrons. The second-order valence-electron chi connectivity index (χ2n) is 3.29. The predicted molar refractivity (Wildman–Crippen MR) is 66.0 cm³/mol. The highest BCUT2D eigenvalue weighted by Crippen LogP contribution is 2.15. The third-order valence-corrected chi connectivity index (χ3v) is 2.54. The first-order chi connectivity index (χ1) is 7.62. The number of hydrogen-bond acceptors (Lipinski definition) is 3. The Hall–Kier alpha value is -1.29. The SMILES string of the molecule is CCN(CC)C(=O)c1cc(Cl)nc(NC)c1. The van der Waals surface area contributed by atoms with Gasteiger partial charge in [-0.25, -0.2) is 4.98 Å². The molecular formula is C11H16ClN3O. The molecule has 5 heteroatoms. The summed E-state index contributed by atoms with van der Waals surface area (Å²) in [5.74, 6) is 0.578. The largest absolute Gasteiger partial charge is 0.373 e. The van der Waals surface area contributed by atoms with E-state index in [0.717, 1.165) is 0 Å². The van der Waals surface area contributed by atoms with E-state index in [1.54, 1.807) is 24.1 Å². The Morgan fingerprint density at radius 2 is 2.06 bits per heavy atom. The fourth-order valence-electron chi connectivity index (χ4n) is 1.44. The number of pyridine rings is 1. The van der Waals surface area contributed by atoms with Gasteiger partial charge in [-0.3, -0.25) is 4.79 Å². The van der Waals surface area contributed by atoms with Crippen LogP contribution in [0.3, 0.4) is 0 Å². The molecule has 0 saturated heterocycles. The van der Waals surface area contributed by atoms with Crippen LogP contribution in [0.4, 0.5) is 5.82 Å². The second kappa shape index (κ2) is 5.70. The van der Waals surface area contributed by atoms with E-state index in [0.29, 0.717) is 29.6 Å². The molecule has 4 nitrogen and oxygen atoms in total. The van der Waals surface area contributed by atoms with Crippen LogP contribution in [0.15, 0.2) is 12.1 Å². The number of nitrogens with one attached hydrogen (secondary N) is 1. The van der Waals surface area contributed by atoms with Gasteiger partial charge in [-0.15, -0.1) is 0 Å². The molecule has 0 spiro atoms. The summed E-state index contributed by atoms with van der Waals surface area (Å²) in [7, 11) is 1.74. The maximum Gasteiger partial charge on any atom is 0.254 e. The van der Waals surface area contributed by atoms with E-state index in [-0.39, 0.29) is 5.91 Å². The van der Waals surface area contributed by atoms with Gasteiger partial charge in [-0.05, 0) is 26.0 Å². The summed E-state index contributed by atoms with van der Waals surface area (Å²) < 4.78 is 0. The molecule has 0 aliphatic carbocycles. The monoisotopic (exact) mass is 241 g/mol. The number of anilines is 1. The highest BCUT2D eigenvalue weighted by atomic mass is 35.5. The van der Waals surface area contributed by atoms with Crippen molar-refractivity contribution in [3.63, 3.8) is 0 Å². The Morgan fingerprint density at radius 3 is 2.56 bits per heavy atom. The maximum absolute atomic E-state index is 12.0. The average molecular weight is 242 g/mol. The molecular weight excluding hydrogens is 226 g/mol. The quantitative estimate of drug-likeness (QED) is 0.823. The van der Waals surface area contributed by atoms with Gasteiger partial charge in [-0.2, -0.15) is 0 Å². The molecule has 1 N–H and O–H groups in total. The molecule has 1 heterocycles. The lowest BCUT2D eigenvalue weighted by molar-refractivity contribution is 0.0773. The van der Waals surface area contributed by atoms with Gasteiger partial charge in [0.1, 0.15) is 11.0 Å². The van der Waals surface area contributed by atoms with Crippen molar-refractivity contribution in [2.45, 2.75) is 13.8 Å². The van der Waals surface area contributed by atoms with Crippen molar-refractivity contribution in [3.05, 3.63) is 22.8 Å². The van der Waals surface area contributed by atoms with E-state index in [2.05, 4.69) is 10.3 Å². The smallest absolute Gasteiger partial charge is 0.254 e. The van der Waals surface area contributed by atoms with Crippen LogP contribution >= 0.6 is 11.6 Å². The van der Waals surface area contributed by atoms with Crippen molar-refractivity contribution < 1.29 is 4.79 Å². The van der Waals surface area contributed by atoms with Crippen molar-refractivity contribution >= 4 is 23.3 Å². The molecule has 0 bridgehead atoms. The molecule has 0 fully saturated rings. The Kier molecular flexibility index (Phi) is 4.55. The molecule has 16 heavy (non-hydrogen) atoms. The van der Waals surface area contributed by atoms with Crippen molar-refractivity contribution in [2.24, 2.45) is 0 Å². The Balaban J connectivity index is 3.03. The number of carbonyl (C=O) groups is 1. The standard InChI is InChI=1S/C11H16ClN3O/c1-4-15(5-2)11(16)8-6-9(12)14-10(7-8)13-3/h6-7H,4-5H2,1-3H3,(H,13,14). The zero-order valence-electron chi connectivity index (χ0n) is 9.75. The number of hydrogen-bond donors (Lipinski definition) is 1. The Morgan fingerprint density at radius 1 is 1.44 bits per heavy atom. The molecule has 0 atom stereocenters. The highest BCUT2D eigenvalue weighted by molar-refractivity contribution is 6.29. The zero-order valence-corrected chi connectivity index (χ0v) is 10.5. The van der Waals surface area contributed by atoms with Gasteiger partial charge >= 0.3 is 0 Å². The van der Waals surface area contributed by atoms with E-state index in [1.807, 2.05) is 13.8 Å². The van der Waals surface area contributed by atoms with Crippen LogP contribution in [-0.4, -0.2) is 35.9 Å². The second-order valence-corrected chi connectivity index (χ2v) is 3.68. The Labute approximate surface area is 101 Å². The van der Waals surface area contributed by atoms with Crippen LogP contribution in [0.2, 0.25) is 5.15 Å². The number of amides is 1.